The summed E-state index contributed by atoms with van der Waals surface area (Å²) >= 11 is 1.66. The molecular formula is C25H44N7O4S+. The van der Waals surface area contributed by atoms with Crippen LogP contribution in [-0.2, 0) is 19.2 Å². The minimum atomic E-state index is -1.06. The highest BCUT2D eigenvalue weighted by atomic mass is 32.2. The van der Waals surface area contributed by atoms with Crippen molar-refractivity contribution in [1.29, 1.82) is 0 Å². The maximum absolute atomic E-state index is 13.7. The molecule has 3 saturated heterocycles. The zero-order valence-corrected chi connectivity index (χ0v) is 23.3. The van der Waals surface area contributed by atoms with Gasteiger partial charge in [0.05, 0.1) is 18.6 Å². The van der Waals surface area contributed by atoms with Gasteiger partial charge in [0.2, 0.25) is 5.54 Å². The Kier molecular flexibility index (Phi) is 9.90. The van der Waals surface area contributed by atoms with Crippen molar-refractivity contribution in [3.8, 4) is 0 Å². The monoisotopic (exact) mass is 538 g/mol. The predicted octanol–water partition coefficient (Wildman–Crippen LogP) is -0.0741. The van der Waals surface area contributed by atoms with Crippen LogP contribution in [0.5, 0.6) is 0 Å². The third-order valence-electron chi connectivity index (χ3n) is 8.22. The summed E-state index contributed by atoms with van der Waals surface area (Å²) in [6.07, 6.45) is 7.67. The fourth-order valence-corrected chi connectivity index (χ4v) is 6.96. The number of hydrogen-bond acceptors (Lipinski definition) is 9. The van der Waals surface area contributed by atoms with E-state index in [1.165, 1.54) is 0 Å². The van der Waals surface area contributed by atoms with E-state index in [1.807, 2.05) is 32.0 Å². The molecule has 0 saturated carbocycles. The Balaban J connectivity index is 1.87. The van der Waals surface area contributed by atoms with E-state index in [4.69, 9.17) is 11.5 Å². The van der Waals surface area contributed by atoms with Crippen LogP contribution in [0.1, 0.15) is 59.3 Å². The Bertz CT molecular complexity index is 898. The number of nitrogens with zero attached hydrogens (tertiary/aromatic N) is 3. The molecule has 208 valence electrons. The number of fused-ring (bicyclic) bond motifs is 1. The van der Waals surface area contributed by atoms with Crippen LogP contribution < -0.4 is 22.3 Å². The van der Waals surface area contributed by atoms with Crippen LogP contribution in [0.25, 0.3) is 0 Å². The Morgan fingerprint density at radius 1 is 1.27 bits per heavy atom. The quantitative estimate of drug-likeness (QED) is 0.0688. The van der Waals surface area contributed by atoms with Crippen molar-refractivity contribution >= 4 is 41.9 Å². The van der Waals surface area contributed by atoms with Gasteiger partial charge in [-0.1, -0.05) is 13.8 Å². The summed E-state index contributed by atoms with van der Waals surface area (Å²) in [5.41, 5.74) is 16.6. The highest BCUT2D eigenvalue weighted by Gasteiger charge is 2.81. The second-order valence-electron chi connectivity index (χ2n) is 11.1. The van der Waals surface area contributed by atoms with Crippen molar-refractivity contribution in [2.75, 3.05) is 25.1 Å². The summed E-state index contributed by atoms with van der Waals surface area (Å²) in [5, 5.41) is 1.88. The smallest absolute Gasteiger partial charge is 0.255 e. The number of carbonyl (C=O) groups is 4. The Hall–Kier alpha value is -1.86. The zero-order chi connectivity index (χ0) is 27.4. The standard InChI is InChI=1S/C25H44N7O4S/c1-16(2)13-18(15-34)29-31-19(9-12-37-4)21(35)22(31)25(3)23(36)20-8-6-11-32(20,25)30-17(14-33)7-5-10-28-24(26)27/h14-20,22,29-30H,5-13H2,1-4H3,(H4,26,27,28)/q+1/t17-,18-,19+,20+,22?,25?,32?/m1/s1. The number of hydrogen-bond donors (Lipinski definition) is 4. The fraction of sp³-hybridized carbons (Fsp3) is 0.800. The molecule has 0 amide bonds. The largest absolute Gasteiger partial charge is 0.370 e. The van der Waals surface area contributed by atoms with E-state index in [9.17, 15) is 19.2 Å². The molecular weight excluding hydrogens is 494 g/mol. The lowest BCUT2D eigenvalue weighted by molar-refractivity contribution is -1.03. The highest BCUT2D eigenvalue weighted by Crippen LogP contribution is 2.52. The second kappa shape index (κ2) is 12.3. The number of ketones is 2. The number of hydrazine groups is 1. The molecule has 12 heteroatoms. The normalized spacial score (nSPS) is 32.8. The molecule has 11 nitrogen and oxygen atoms in total. The average Bonchev–Trinajstić information content (AvgIpc) is 3.26. The summed E-state index contributed by atoms with van der Waals surface area (Å²) in [6.45, 7) is 7.01. The van der Waals surface area contributed by atoms with Gasteiger partial charge in [-0.05, 0) is 43.6 Å². The van der Waals surface area contributed by atoms with Gasteiger partial charge in [-0.25, -0.2) is 15.0 Å². The average molecular weight is 539 g/mol. The maximum atomic E-state index is 13.7. The third kappa shape index (κ3) is 5.49. The molecule has 0 aromatic heterocycles. The number of nitrogens with two attached hydrogens (primary N) is 2. The van der Waals surface area contributed by atoms with Crippen molar-refractivity contribution in [1.82, 2.24) is 15.9 Å². The Morgan fingerprint density at radius 2 is 1.97 bits per heavy atom. The molecule has 3 unspecified atom stereocenters. The number of Topliss-reactive ketones (excluding diaryl/α,β-unsaturated/α-hetero) is 2. The van der Waals surface area contributed by atoms with E-state index < -0.39 is 23.7 Å². The van der Waals surface area contributed by atoms with Crippen LogP contribution in [0.4, 0.5) is 0 Å². The lowest BCUT2D eigenvalue weighted by atomic mass is 9.66. The van der Waals surface area contributed by atoms with Crippen LogP contribution in [-0.4, -0.2) is 101 Å². The fourth-order valence-electron chi connectivity index (χ4n) is 6.50. The first-order valence-electron chi connectivity index (χ1n) is 13.3. The Labute approximate surface area is 224 Å². The molecule has 0 bridgehead atoms. The summed E-state index contributed by atoms with van der Waals surface area (Å²) in [6, 6.07) is -2.34. The number of guanidine groups is 1. The van der Waals surface area contributed by atoms with Crippen LogP contribution in [0.2, 0.25) is 0 Å². The van der Waals surface area contributed by atoms with Crippen molar-refractivity contribution in [2.45, 2.75) is 95.0 Å². The summed E-state index contributed by atoms with van der Waals surface area (Å²) in [4.78, 5) is 55.3. The van der Waals surface area contributed by atoms with Gasteiger partial charge >= 0.3 is 0 Å². The molecule has 3 rings (SSSR count). The van der Waals surface area contributed by atoms with Gasteiger partial charge < -0.3 is 21.1 Å². The van der Waals surface area contributed by atoms with Crippen molar-refractivity contribution < 1.29 is 23.8 Å². The van der Waals surface area contributed by atoms with E-state index in [2.05, 4.69) is 15.8 Å². The summed E-state index contributed by atoms with van der Waals surface area (Å²) in [7, 11) is 0. The number of aldehydes is 2. The molecule has 37 heavy (non-hydrogen) atoms. The number of thioether (sulfide) groups is 1. The van der Waals surface area contributed by atoms with Crippen molar-refractivity contribution in [3.05, 3.63) is 0 Å². The highest BCUT2D eigenvalue weighted by molar-refractivity contribution is 7.98. The van der Waals surface area contributed by atoms with Gasteiger partial charge in [-0.2, -0.15) is 17.2 Å². The molecule has 0 aromatic rings. The molecule has 0 aliphatic carbocycles. The molecule has 3 aliphatic heterocycles. The zero-order valence-electron chi connectivity index (χ0n) is 22.5. The molecule has 0 radical (unpaired) electrons. The summed E-state index contributed by atoms with van der Waals surface area (Å²) in [5.74, 6) is 1.16. The van der Waals surface area contributed by atoms with E-state index in [0.717, 1.165) is 31.2 Å². The van der Waals surface area contributed by atoms with E-state index in [0.29, 0.717) is 44.7 Å². The van der Waals surface area contributed by atoms with Gasteiger partial charge in [0, 0.05) is 26.3 Å². The molecule has 6 N–H and O–H groups in total. The van der Waals surface area contributed by atoms with Crippen molar-refractivity contribution in [2.24, 2.45) is 22.4 Å². The SMILES string of the molecule is CSCC[C@H]1C(=O)C(C2(C)C(=O)[C@@H]3CCC[N+]32N[C@@H](C=O)CCCN=C(N)N)N1N[C@@H](C=O)CC(C)C. The van der Waals surface area contributed by atoms with Crippen LogP contribution >= 0.6 is 11.8 Å². The van der Waals surface area contributed by atoms with E-state index >= 15 is 0 Å². The third-order valence-corrected chi connectivity index (χ3v) is 8.87. The first kappa shape index (κ1) is 29.7. The molecule has 0 spiro atoms. The number of quaternary nitrogens is 1. The van der Waals surface area contributed by atoms with Crippen LogP contribution in [0, 0.1) is 5.92 Å². The number of aliphatic imine (C=N–C) groups is 1. The molecule has 0 aromatic carbocycles. The van der Waals surface area contributed by atoms with E-state index in [1.54, 1.807) is 11.8 Å². The minimum absolute atomic E-state index is 0.0104. The van der Waals surface area contributed by atoms with Gasteiger partial charge in [-0.3, -0.25) is 14.6 Å². The first-order valence-corrected chi connectivity index (χ1v) is 14.7. The number of carbonyl (C=O) groups excluding carboxylic acids is 4. The first-order chi connectivity index (χ1) is 17.6. The maximum Gasteiger partial charge on any atom is 0.255 e. The summed E-state index contributed by atoms with van der Waals surface area (Å²) < 4.78 is 0.220. The van der Waals surface area contributed by atoms with Gasteiger partial charge in [0.15, 0.2) is 17.8 Å². The molecule has 3 fully saturated rings. The molecule has 3 heterocycles. The lowest BCUT2D eigenvalue weighted by Crippen LogP contribution is -2.96. The minimum Gasteiger partial charge on any atom is -0.370 e. The topological polar surface area (TPSA) is 160 Å². The van der Waals surface area contributed by atoms with Gasteiger partial charge in [0.25, 0.3) is 5.78 Å². The molecule has 7 atom stereocenters. The molecule has 3 aliphatic rings. The second-order valence-corrected chi connectivity index (χ2v) is 12.1. The van der Waals surface area contributed by atoms with Crippen LogP contribution in [0.3, 0.4) is 0 Å². The van der Waals surface area contributed by atoms with Gasteiger partial charge in [0.1, 0.15) is 24.7 Å². The number of nitrogens with one attached hydrogen (secondary N) is 2. The van der Waals surface area contributed by atoms with Crippen molar-refractivity contribution in [3.63, 3.8) is 0 Å². The van der Waals surface area contributed by atoms with Crippen LogP contribution in [0.15, 0.2) is 4.99 Å². The van der Waals surface area contributed by atoms with E-state index in [-0.39, 0.29) is 34.2 Å². The lowest BCUT2D eigenvalue weighted by Gasteiger charge is -2.66. The Morgan fingerprint density at radius 3 is 2.57 bits per heavy atom. The predicted molar refractivity (Wildman–Crippen MR) is 144 cm³/mol. The van der Waals surface area contributed by atoms with Gasteiger partial charge in [-0.15, -0.1) is 0 Å². The number of rotatable bonds is 16.